The third-order valence-corrected chi connectivity index (χ3v) is 3.67. The van der Waals surface area contributed by atoms with Crippen LogP contribution in [0.25, 0.3) is 0 Å². The van der Waals surface area contributed by atoms with Crippen LogP contribution in [0, 0.1) is 6.92 Å². The van der Waals surface area contributed by atoms with Crippen molar-refractivity contribution < 1.29 is 0 Å². The lowest BCUT2D eigenvalue weighted by atomic mass is 10.2. The predicted octanol–water partition coefficient (Wildman–Crippen LogP) is 2.00. The van der Waals surface area contributed by atoms with Crippen LogP contribution >= 0.6 is 0 Å². The molecule has 0 atom stereocenters. The van der Waals surface area contributed by atoms with Crippen LogP contribution in [-0.2, 0) is 6.42 Å². The fraction of sp³-hybridized carbons (Fsp3) is 0.400. The number of pyridine rings is 1. The molecule has 2 aromatic heterocycles. The maximum Gasteiger partial charge on any atom is 0.148 e. The van der Waals surface area contributed by atoms with Crippen LogP contribution in [0.2, 0.25) is 0 Å². The standard InChI is InChI=1S/C15H20N6/c1-10-13(18-8-6-11-3-2-7-17-9-11)19-15(12-4-5-12)20-14(10)21-16/h2-3,7,9,12H,4-6,8,16H2,1H3,(H2,18,19,20,21). The first-order chi connectivity index (χ1) is 10.3. The zero-order valence-corrected chi connectivity index (χ0v) is 12.1. The Morgan fingerprint density at radius 1 is 1.29 bits per heavy atom. The molecule has 6 heteroatoms. The van der Waals surface area contributed by atoms with Crippen molar-refractivity contribution in [1.82, 2.24) is 15.0 Å². The number of nitrogens with zero attached hydrogens (tertiary/aromatic N) is 3. The predicted molar refractivity (Wildman–Crippen MR) is 83.0 cm³/mol. The van der Waals surface area contributed by atoms with Gasteiger partial charge in [0.25, 0.3) is 0 Å². The van der Waals surface area contributed by atoms with E-state index in [1.807, 2.05) is 19.2 Å². The molecule has 110 valence electrons. The van der Waals surface area contributed by atoms with E-state index in [1.54, 1.807) is 6.20 Å². The second-order valence-corrected chi connectivity index (χ2v) is 5.36. The van der Waals surface area contributed by atoms with Crippen molar-refractivity contribution in [2.75, 3.05) is 17.3 Å². The van der Waals surface area contributed by atoms with Crippen molar-refractivity contribution in [3.63, 3.8) is 0 Å². The highest BCUT2D eigenvalue weighted by Crippen LogP contribution is 2.39. The molecule has 1 saturated carbocycles. The summed E-state index contributed by atoms with van der Waals surface area (Å²) in [7, 11) is 0. The molecule has 3 rings (SSSR count). The Kier molecular flexibility index (Phi) is 3.96. The molecule has 0 bridgehead atoms. The summed E-state index contributed by atoms with van der Waals surface area (Å²) in [4.78, 5) is 13.2. The molecule has 0 spiro atoms. The third-order valence-electron chi connectivity index (χ3n) is 3.67. The smallest absolute Gasteiger partial charge is 0.148 e. The van der Waals surface area contributed by atoms with Crippen LogP contribution in [0.3, 0.4) is 0 Å². The molecule has 0 saturated heterocycles. The third kappa shape index (κ3) is 3.28. The van der Waals surface area contributed by atoms with Gasteiger partial charge in [-0.3, -0.25) is 4.98 Å². The lowest BCUT2D eigenvalue weighted by Crippen LogP contribution is -2.15. The summed E-state index contributed by atoms with van der Waals surface area (Å²) in [6, 6.07) is 4.02. The summed E-state index contributed by atoms with van der Waals surface area (Å²) in [5.41, 5.74) is 4.82. The van der Waals surface area contributed by atoms with Gasteiger partial charge in [0.2, 0.25) is 0 Å². The highest BCUT2D eigenvalue weighted by Gasteiger charge is 2.28. The molecule has 1 aliphatic carbocycles. The number of hydrogen-bond acceptors (Lipinski definition) is 6. The van der Waals surface area contributed by atoms with E-state index in [0.717, 1.165) is 30.2 Å². The van der Waals surface area contributed by atoms with E-state index in [0.29, 0.717) is 11.7 Å². The van der Waals surface area contributed by atoms with Gasteiger partial charge >= 0.3 is 0 Å². The van der Waals surface area contributed by atoms with E-state index in [9.17, 15) is 0 Å². The van der Waals surface area contributed by atoms with Crippen molar-refractivity contribution in [1.29, 1.82) is 0 Å². The second-order valence-electron chi connectivity index (χ2n) is 5.36. The Labute approximate surface area is 124 Å². The van der Waals surface area contributed by atoms with Crippen LogP contribution in [0.5, 0.6) is 0 Å². The van der Waals surface area contributed by atoms with Crippen molar-refractivity contribution >= 4 is 11.6 Å². The number of nitrogen functional groups attached to an aromatic ring is 1. The van der Waals surface area contributed by atoms with Gasteiger partial charge in [0.05, 0.1) is 0 Å². The minimum absolute atomic E-state index is 0.497. The highest BCUT2D eigenvalue weighted by molar-refractivity contribution is 5.57. The average Bonchev–Trinajstić information content (AvgIpc) is 3.35. The van der Waals surface area contributed by atoms with E-state index in [1.165, 1.54) is 18.4 Å². The monoisotopic (exact) mass is 284 g/mol. The number of anilines is 2. The zero-order chi connectivity index (χ0) is 14.7. The largest absolute Gasteiger partial charge is 0.369 e. The summed E-state index contributed by atoms with van der Waals surface area (Å²) in [6.45, 7) is 2.77. The van der Waals surface area contributed by atoms with E-state index in [2.05, 4.69) is 31.8 Å². The minimum atomic E-state index is 0.497. The average molecular weight is 284 g/mol. The Hall–Kier alpha value is -2.21. The summed E-state index contributed by atoms with van der Waals surface area (Å²) in [5.74, 6) is 8.50. The van der Waals surface area contributed by atoms with Crippen molar-refractivity contribution in [3.05, 3.63) is 41.5 Å². The molecule has 0 unspecified atom stereocenters. The summed E-state index contributed by atoms with van der Waals surface area (Å²) >= 11 is 0. The van der Waals surface area contributed by atoms with Crippen LogP contribution in [0.15, 0.2) is 24.5 Å². The first kappa shape index (κ1) is 13.8. The van der Waals surface area contributed by atoms with Gasteiger partial charge < -0.3 is 10.7 Å². The number of aromatic nitrogens is 3. The second kappa shape index (κ2) is 6.05. The maximum absolute atomic E-state index is 5.55. The summed E-state index contributed by atoms with van der Waals surface area (Å²) < 4.78 is 0. The van der Waals surface area contributed by atoms with Crippen LogP contribution in [-0.4, -0.2) is 21.5 Å². The highest BCUT2D eigenvalue weighted by atomic mass is 15.3. The molecular formula is C15H20N6. The van der Waals surface area contributed by atoms with E-state index in [-0.39, 0.29) is 0 Å². The summed E-state index contributed by atoms with van der Waals surface area (Å²) in [5, 5.41) is 3.38. The molecule has 1 aliphatic rings. The fourth-order valence-corrected chi connectivity index (χ4v) is 2.24. The first-order valence-corrected chi connectivity index (χ1v) is 7.26. The maximum atomic E-state index is 5.55. The van der Waals surface area contributed by atoms with Gasteiger partial charge in [0.15, 0.2) is 0 Å². The Bertz CT molecular complexity index is 609. The van der Waals surface area contributed by atoms with Gasteiger partial charge in [-0.1, -0.05) is 6.07 Å². The van der Waals surface area contributed by atoms with Crippen LogP contribution in [0.4, 0.5) is 11.6 Å². The minimum Gasteiger partial charge on any atom is -0.369 e. The van der Waals surface area contributed by atoms with E-state index >= 15 is 0 Å². The molecule has 0 amide bonds. The van der Waals surface area contributed by atoms with Gasteiger partial charge in [-0.25, -0.2) is 15.8 Å². The number of nitrogens with one attached hydrogen (secondary N) is 2. The zero-order valence-electron chi connectivity index (χ0n) is 12.1. The molecule has 0 aliphatic heterocycles. The van der Waals surface area contributed by atoms with E-state index in [4.69, 9.17) is 5.84 Å². The lowest BCUT2D eigenvalue weighted by Gasteiger charge is -2.13. The molecule has 6 nitrogen and oxygen atoms in total. The van der Waals surface area contributed by atoms with E-state index < -0.39 is 0 Å². The topological polar surface area (TPSA) is 88.8 Å². The van der Waals surface area contributed by atoms with Crippen LogP contribution < -0.4 is 16.6 Å². The van der Waals surface area contributed by atoms with Gasteiger partial charge in [-0.2, -0.15) is 0 Å². The molecule has 2 heterocycles. The van der Waals surface area contributed by atoms with Gasteiger partial charge in [-0.15, -0.1) is 0 Å². The number of hydrogen-bond donors (Lipinski definition) is 3. The Balaban J connectivity index is 1.70. The van der Waals surface area contributed by atoms with Crippen molar-refractivity contribution in [2.24, 2.45) is 5.84 Å². The fourth-order valence-electron chi connectivity index (χ4n) is 2.24. The Morgan fingerprint density at radius 2 is 2.10 bits per heavy atom. The molecule has 2 aromatic rings. The molecule has 1 fully saturated rings. The number of nitrogens with two attached hydrogens (primary N) is 1. The van der Waals surface area contributed by atoms with Crippen molar-refractivity contribution in [2.45, 2.75) is 32.1 Å². The quantitative estimate of drug-likeness (QED) is 0.555. The normalized spacial score (nSPS) is 14.0. The number of rotatable bonds is 6. The molecule has 21 heavy (non-hydrogen) atoms. The SMILES string of the molecule is Cc1c(NN)nc(C2CC2)nc1NCCc1cccnc1. The summed E-state index contributed by atoms with van der Waals surface area (Å²) in [6.07, 6.45) is 6.91. The number of hydrazine groups is 1. The first-order valence-electron chi connectivity index (χ1n) is 7.26. The molecule has 0 aromatic carbocycles. The van der Waals surface area contributed by atoms with Gasteiger partial charge in [0, 0.05) is 30.4 Å². The molecule has 4 N–H and O–H groups in total. The molecule has 0 radical (unpaired) electrons. The lowest BCUT2D eigenvalue weighted by molar-refractivity contribution is 0.904. The van der Waals surface area contributed by atoms with Crippen LogP contribution in [0.1, 0.15) is 35.7 Å². The Morgan fingerprint density at radius 3 is 2.76 bits per heavy atom. The molecular weight excluding hydrogens is 264 g/mol. The van der Waals surface area contributed by atoms with Crippen molar-refractivity contribution in [3.8, 4) is 0 Å². The van der Waals surface area contributed by atoms with Gasteiger partial charge in [0.1, 0.15) is 17.5 Å². The van der Waals surface area contributed by atoms with Gasteiger partial charge in [-0.05, 0) is 37.8 Å².